The van der Waals surface area contributed by atoms with Crippen LogP contribution in [0.3, 0.4) is 0 Å². The maximum atomic E-state index is 12.0. The number of methoxy groups -OCH3 is 1. The van der Waals surface area contributed by atoms with Crippen molar-refractivity contribution < 1.29 is 4.74 Å². The second-order valence-electron chi connectivity index (χ2n) is 7.32. The summed E-state index contributed by atoms with van der Waals surface area (Å²) in [5.74, 6) is 1.24. The average molecular weight is 406 g/mol. The third-order valence-electron chi connectivity index (χ3n) is 5.71. The first-order chi connectivity index (χ1) is 14.2. The largest absolute Gasteiger partial charge is 0.497 e. The van der Waals surface area contributed by atoms with Crippen LogP contribution in [-0.2, 0) is 13.0 Å². The minimum Gasteiger partial charge on any atom is -0.497 e. The van der Waals surface area contributed by atoms with Crippen LogP contribution in [0.15, 0.2) is 59.9 Å². The van der Waals surface area contributed by atoms with Gasteiger partial charge in [-0.3, -0.25) is 4.40 Å². The Balaban J connectivity index is 1.78. The molecule has 146 valence electrons. The van der Waals surface area contributed by atoms with Crippen molar-refractivity contribution in [2.45, 2.75) is 25.8 Å². The first kappa shape index (κ1) is 18.0. The van der Waals surface area contributed by atoms with E-state index in [9.17, 15) is 4.91 Å². The summed E-state index contributed by atoms with van der Waals surface area (Å²) in [5, 5.41) is 4.16. The predicted molar refractivity (Wildman–Crippen MR) is 116 cm³/mol. The Morgan fingerprint density at radius 3 is 2.41 bits per heavy atom. The van der Waals surface area contributed by atoms with Gasteiger partial charge in [-0.25, -0.2) is 0 Å². The van der Waals surface area contributed by atoms with E-state index < -0.39 is 0 Å². The molecule has 29 heavy (non-hydrogen) atoms. The number of benzene rings is 2. The minimum atomic E-state index is 0.455. The summed E-state index contributed by atoms with van der Waals surface area (Å²) in [6.45, 7) is 0.909. The van der Waals surface area contributed by atoms with Gasteiger partial charge in [-0.2, -0.15) is 0 Å². The summed E-state index contributed by atoms with van der Waals surface area (Å²) in [7, 11) is 1.65. The number of hydrogen-bond donors (Lipinski definition) is 0. The van der Waals surface area contributed by atoms with E-state index in [1.54, 1.807) is 7.11 Å². The monoisotopic (exact) mass is 405 g/mol. The zero-order valence-corrected chi connectivity index (χ0v) is 16.8. The van der Waals surface area contributed by atoms with Crippen LogP contribution in [0, 0.1) is 4.91 Å². The fraction of sp³-hybridized carbons (Fsp3) is 0.217. The van der Waals surface area contributed by atoms with E-state index in [1.807, 2.05) is 59.1 Å². The molecule has 0 saturated heterocycles. The molecule has 0 saturated carbocycles. The molecule has 0 aliphatic carbocycles. The molecule has 0 unspecified atom stereocenters. The van der Waals surface area contributed by atoms with Gasteiger partial charge in [-0.1, -0.05) is 35.9 Å². The topological polar surface area (TPSA) is 48.0 Å². The molecule has 2 aromatic carbocycles. The Hall–Kier alpha value is -3.05. The summed E-state index contributed by atoms with van der Waals surface area (Å²) in [5.41, 5.74) is 6.31. The Morgan fingerprint density at radius 2 is 1.72 bits per heavy atom. The summed E-state index contributed by atoms with van der Waals surface area (Å²) in [4.78, 5) is 12.0. The van der Waals surface area contributed by atoms with Gasteiger partial charge in [0.25, 0.3) is 0 Å². The highest BCUT2D eigenvalue weighted by Crippen LogP contribution is 2.43. The normalized spacial score (nSPS) is 13.4. The molecule has 0 radical (unpaired) electrons. The molecule has 0 spiro atoms. The fourth-order valence-corrected chi connectivity index (χ4v) is 4.50. The van der Waals surface area contributed by atoms with E-state index in [0.29, 0.717) is 10.8 Å². The van der Waals surface area contributed by atoms with Gasteiger partial charge in [0.1, 0.15) is 11.4 Å². The van der Waals surface area contributed by atoms with Crippen LogP contribution in [-0.4, -0.2) is 16.1 Å². The van der Waals surface area contributed by atoms with E-state index in [-0.39, 0.29) is 0 Å². The van der Waals surface area contributed by atoms with Crippen molar-refractivity contribution in [1.82, 2.24) is 8.97 Å². The number of aromatic nitrogens is 2. The lowest BCUT2D eigenvalue weighted by Crippen LogP contribution is -1.98. The Kier molecular flexibility index (Phi) is 4.40. The van der Waals surface area contributed by atoms with E-state index >= 15 is 0 Å². The average Bonchev–Trinajstić information content (AvgIpc) is 3.17. The highest BCUT2D eigenvalue weighted by atomic mass is 35.5. The van der Waals surface area contributed by atoms with Crippen molar-refractivity contribution in [3.05, 3.63) is 70.2 Å². The summed E-state index contributed by atoms with van der Waals surface area (Å²) in [6.07, 6.45) is 5.11. The van der Waals surface area contributed by atoms with Gasteiger partial charge in [-0.05, 0) is 59.8 Å². The Bertz CT molecular complexity index is 1200. The summed E-state index contributed by atoms with van der Waals surface area (Å²) in [6, 6.07) is 15.7. The highest BCUT2D eigenvalue weighted by Gasteiger charge is 2.27. The van der Waals surface area contributed by atoms with Crippen LogP contribution >= 0.6 is 11.6 Å². The maximum Gasteiger partial charge on any atom is 0.191 e. The standard InChI is InChI=1S/C23H20ClN3O2/c1-29-18-11-7-16(8-12-18)21-19-4-2-3-13-26-20(15-5-9-17(24)10-6-15)14-27(23(19)26)22(21)25-28/h5-12,14H,2-4,13H2,1H3. The number of ether oxygens (including phenoxy) is 1. The molecule has 1 aliphatic heterocycles. The third kappa shape index (κ3) is 2.85. The molecule has 6 heteroatoms. The number of aryl methyl sites for hydroxylation is 2. The van der Waals surface area contributed by atoms with Gasteiger partial charge >= 0.3 is 0 Å². The lowest BCUT2D eigenvalue weighted by Gasteiger charge is -2.09. The molecular formula is C23H20ClN3O2. The molecule has 0 atom stereocenters. The number of rotatable bonds is 4. The number of nitroso groups, excluding NO2 is 1. The van der Waals surface area contributed by atoms with Crippen molar-refractivity contribution in [3.63, 3.8) is 0 Å². The summed E-state index contributed by atoms with van der Waals surface area (Å²) < 4.78 is 9.55. The van der Waals surface area contributed by atoms with Crippen molar-refractivity contribution in [1.29, 1.82) is 0 Å². The van der Waals surface area contributed by atoms with Crippen molar-refractivity contribution in [2.24, 2.45) is 5.18 Å². The first-order valence-electron chi connectivity index (χ1n) is 9.71. The molecule has 5 nitrogen and oxygen atoms in total. The van der Waals surface area contributed by atoms with E-state index in [2.05, 4.69) is 9.74 Å². The van der Waals surface area contributed by atoms with E-state index in [1.165, 1.54) is 5.56 Å². The molecule has 0 fully saturated rings. The number of nitrogens with zero attached hydrogens (tertiary/aromatic N) is 3. The van der Waals surface area contributed by atoms with Crippen LogP contribution in [0.25, 0.3) is 28.0 Å². The highest BCUT2D eigenvalue weighted by molar-refractivity contribution is 6.30. The molecular weight excluding hydrogens is 386 g/mol. The lowest BCUT2D eigenvalue weighted by molar-refractivity contribution is 0.415. The quantitative estimate of drug-likeness (QED) is 0.365. The van der Waals surface area contributed by atoms with Gasteiger partial charge in [0.05, 0.1) is 12.8 Å². The molecule has 1 aliphatic rings. The van der Waals surface area contributed by atoms with E-state index in [4.69, 9.17) is 16.3 Å². The third-order valence-corrected chi connectivity index (χ3v) is 5.97. The fourth-order valence-electron chi connectivity index (χ4n) is 4.37. The second-order valence-corrected chi connectivity index (χ2v) is 7.76. The first-order valence-corrected chi connectivity index (χ1v) is 10.1. The van der Waals surface area contributed by atoms with Crippen LogP contribution in [0.2, 0.25) is 5.02 Å². The minimum absolute atomic E-state index is 0.455. The smallest absolute Gasteiger partial charge is 0.191 e. The van der Waals surface area contributed by atoms with Crippen LogP contribution < -0.4 is 4.74 Å². The molecule has 0 bridgehead atoms. The van der Waals surface area contributed by atoms with Gasteiger partial charge in [0.2, 0.25) is 0 Å². The number of imidazole rings is 1. The van der Waals surface area contributed by atoms with Gasteiger partial charge in [0.15, 0.2) is 5.82 Å². The molecule has 5 rings (SSSR count). The maximum absolute atomic E-state index is 12.0. The zero-order chi connectivity index (χ0) is 20.0. The Labute approximate surface area is 173 Å². The molecule has 0 amide bonds. The van der Waals surface area contributed by atoms with E-state index in [0.717, 1.165) is 59.6 Å². The Morgan fingerprint density at radius 1 is 1.00 bits per heavy atom. The van der Waals surface area contributed by atoms with Crippen molar-refractivity contribution in [3.8, 4) is 28.1 Å². The molecule has 4 aromatic rings. The molecule has 0 N–H and O–H groups in total. The number of hydrogen-bond acceptors (Lipinski definition) is 3. The lowest BCUT2D eigenvalue weighted by atomic mass is 10.00. The van der Waals surface area contributed by atoms with Crippen molar-refractivity contribution in [2.75, 3.05) is 7.11 Å². The van der Waals surface area contributed by atoms with Gasteiger partial charge in [-0.15, -0.1) is 4.91 Å². The van der Waals surface area contributed by atoms with Crippen LogP contribution in [0.5, 0.6) is 5.75 Å². The van der Waals surface area contributed by atoms with Crippen LogP contribution in [0.1, 0.15) is 18.4 Å². The van der Waals surface area contributed by atoms with Gasteiger partial charge < -0.3 is 9.30 Å². The van der Waals surface area contributed by atoms with Gasteiger partial charge in [0, 0.05) is 28.9 Å². The molecule has 2 aromatic heterocycles. The SMILES string of the molecule is COc1ccc(-c2c3c4n(c(-c5ccc(Cl)cc5)cn4c2N=O)CCCC3)cc1. The number of halogens is 1. The molecule has 3 heterocycles. The summed E-state index contributed by atoms with van der Waals surface area (Å²) >= 11 is 6.07. The predicted octanol–water partition coefficient (Wildman–Crippen LogP) is 6.47. The zero-order valence-electron chi connectivity index (χ0n) is 16.1. The van der Waals surface area contributed by atoms with Crippen LogP contribution in [0.4, 0.5) is 5.82 Å². The van der Waals surface area contributed by atoms with Crippen molar-refractivity contribution >= 4 is 23.1 Å². The second kappa shape index (κ2) is 7.08.